The molecule has 1 aromatic rings. The molecule has 0 saturated heterocycles. The van der Waals surface area contributed by atoms with Gasteiger partial charge in [0.15, 0.2) is 5.82 Å². The van der Waals surface area contributed by atoms with Crippen molar-refractivity contribution in [3.63, 3.8) is 0 Å². The molecule has 1 saturated carbocycles. The minimum Gasteiger partial charge on any atom is -0.299 e. The Bertz CT molecular complexity index is 372. The van der Waals surface area contributed by atoms with Crippen LogP contribution < -0.4 is 0 Å². The number of rotatable bonds is 6. The number of carbonyl (C=O) groups is 1. The Labute approximate surface area is 101 Å². The average Bonchev–Trinajstić information content (AvgIpc) is 2.95. The normalized spacial score (nSPS) is 20.5. The zero-order chi connectivity index (χ0) is 11.9. The fourth-order valence-electron chi connectivity index (χ4n) is 2.18. The fourth-order valence-corrected chi connectivity index (χ4v) is 2.18. The predicted octanol–water partition coefficient (Wildman–Crippen LogP) is 1.84. The van der Waals surface area contributed by atoms with Crippen molar-refractivity contribution in [2.24, 2.45) is 5.92 Å². The largest absolute Gasteiger partial charge is 0.299 e. The van der Waals surface area contributed by atoms with E-state index in [1.807, 2.05) is 0 Å². The second-order valence-corrected chi connectivity index (χ2v) is 4.48. The first-order valence-corrected chi connectivity index (χ1v) is 6.26. The number of unbranched alkanes of at least 4 members (excludes halogenated alkanes) is 1. The highest BCUT2D eigenvalue weighted by molar-refractivity contribution is 5.82. The Balaban J connectivity index is 1.57. The second kappa shape index (κ2) is 6.27. The molecule has 0 radical (unpaired) electrons. The fraction of sp³-hybridized carbons (Fsp3) is 0.667. The van der Waals surface area contributed by atoms with Gasteiger partial charge < -0.3 is 0 Å². The van der Waals surface area contributed by atoms with Crippen LogP contribution in [0.25, 0.3) is 0 Å². The van der Waals surface area contributed by atoms with E-state index in [1.54, 1.807) is 0 Å². The number of aromatic amines is 1. The number of ketones is 1. The molecule has 1 heterocycles. The smallest absolute Gasteiger partial charge is 0.174 e. The maximum atomic E-state index is 11.4. The summed E-state index contributed by atoms with van der Waals surface area (Å²) in [5, 5.41) is 13.7. The number of nitrogens with one attached hydrogen (secondary N) is 1. The lowest BCUT2D eigenvalue weighted by Crippen LogP contribution is -2.03. The van der Waals surface area contributed by atoms with Gasteiger partial charge in [-0.15, -0.1) is 10.2 Å². The Morgan fingerprint density at radius 1 is 1.41 bits per heavy atom. The van der Waals surface area contributed by atoms with Crippen molar-refractivity contribution in [3.05, 3.63) is 18.0 Å². The van der Waals surface area contributed by atoms with Crippen LogP contribution in [-0.4, -0.2) is 26.4 Å². The van der Waals surface area contributed by atoms with E-state index in [9.17, 15) is 4.79 Å². The van der Waals surface area contributed by atoms with Crippen LogP contribution in [0.4, 0.5) is 0 Å². The summed E-state index contributed by atoms with van der Waals surface area (Å²) in [5.41, 5.74) is 0. The first-order valence-electron chi connectivity index (χ1n) is 6.26. The summed E-state index contributed by atoms with van der Waals surface area (Å²) in [6.07, 6.45) is 11.0. The van der Waals surface area contributed by atoms with Gasteiger partial charge in [0.2, 0.25) is 0 Å². The molecule has 1 atom stereocenters. The van der Waals surface area contributed by atoms with Crippen molar-refractivity contribution >= 4 is 5.78 Å². The van der Waals surface area contributed by atoms with E-state index in [2.05, 4.69) is 32.8 Å². The Kier molecular flexibility index (Phi) is 4.41. The molecule has 0 amide bonds. The molecule has 0 aliphatic heterocycles. The lowest BCUT2D eigenvalue weighted by atomic mass is 10.0. The molecule has 1 aliphatic rings. The van der Waals surface area contributed by atoms with Gasteiger partial charge in [-0.1, -0.05) is 17.4 Å². The van der Waals surface area contributed by atoms with Crippen molar-refractivity contribution < 1.29 is 4.79 Å². The zero-order valence-electron chi connectivity index (χ0n) is 9.93. The summed E-state index contributed by atoms with van der Waals surface area (Å²) in [6, 6.07) is 0. The highest BCUT2D eigenvalue weighted by Gasteiger charge is 2.22. The lowest BCUT2D eigenvalue weighted by molar-refractivity contribution is -0.120. The van der Waals surface area contributed by atoms with E-state index in [4.69, 9.17) is 0 Å². The molecule has 1 aromatic heterocycles. The first-order chi connectivity index (χ1) is 8.36. The molecule has 1 unspecified atom stereocenters. The van der Waals surface area contributed by atoms with E-state index < -0.39 is 0 Å². The third-order valence-electron chi connectivity index (χ3n) is 3.18. The van der Waals surface area contributed by atoms with Gasteiger partial charge in [-0.3, -0.25) is 4.79 Å². The molecular weight excluding hydrogens is 216 g/mol. The van der Waals surface area contributed by atoms with Gasteiger partial charge in [0.05, 0.1) is 0 Å². The van der Waals surface area contributed by atoms with Crippen LogP contribution >= 0.6 is 0 Å². The van der Waals surface area contributed by atoms with E-state index in [1.165, 1.54) is 0 Å². The van der Waals surface area contributed by atoms with E-state index in [0.29, 0.717) is 11.7 Å². The van der Waals surface area contributed by atoms with Gasteiger partial charge >= 0.3 is 0 Å². The quantitative estimate of drug-likeness (QED) is 0.602. The monoisotopic (exact) mass is 234 g/mol. The first kappa shape index (κ1) is 12.0. The van der Waals surface area contributed by atoms with Crippen LogP contribution in [-0.2, 0) is 11.2 Å². The Hall–Kier alpha value is -1.52. The second-order valence-electron chi connectivity index (χ2n) is 4.48. The standard InChI is InChI=1S/C12H18N4O/c17-11-8-5-7-10(11)6-3-1-2-4-9-12-13-15-16-14-12/h1,3,10H,2,4-9H2,(H,13,14,15,16). The van der Waals surface area contributed by atoms with Gasteiger partial charge in [0.25, 0.3) is 0 Å². The number of carbonyl (C=O) groups excluding carboxylic acids is 1. The van der Waals surface area contributed by atoms with Crippen LogP contribution in [0.15, 0.2) is 12.2 Å². The third-order valence-corrected chi connectivity index (χ3v) is 3.18. The summed E-state index contributed by atoms with van der Waals surface area (Å²) in [4.78, 5) is 11.4. The van der Waals surface area contributed by atoms with Crippen molar-refractivity contribution in [1.82, 2.24) is 20.6 Å². The molecule has 0 spiro atoms. The van der Waals surface area contributed by atoms with Gasteiger partial charge in [0.1, 0.15) is 5.78 Å². The van der Waals surface area contributed by atoms with Crippen molar-refractivity contribution in [1.29, 1.82) is 0 Å². The molecule has 1 N–H and O–H groups in total. The van der Waals surface area contributed by atoms with Crippen LogP contribution in [0.1, 0.15) is 44.3 Å². The van der Waals surface area contributed by atoms with Crippen LogP contribution in [0, 0.1) is 5.92 Å². The number of allylic oxidation sites excluding steroid dienone is 2. The van der Waals surface area contributed by atoms with E-state index in [-0.39, 0.29) is 0 Å². The molecule has 5 nitrogen and oxygen atoms in total. The molecule has 1 aliphatic carbocycles. The number of H-pyrrole nitrogens is 1. The van der Waals surface area contributed by atoms with Crippen LogP contribution in [0.5, 0.6) is 0 Å². The number of aromatic nitrogens is 4. The number of nitrogens with zero attached hydrogens (tertiary/aromatic N) is 3. The summed E-state index contributed by atoms with van der Waals surface area (Å²) in [6.45, 7) is 0. The predicted molar refractivity (Wildman–Crippen MR) is 63.2 cm³/mol. The maximum absolute atomic E-state index is 11.4. The number of aryl methyl sites for hydroxylation is 1. The van der Waals surface area contributed by atoms with Crippen molar-refractivity contribution in [2.45, 2.75) is 44.9 Å². The number of hydrogen-bond donors (Lipinski definition) is 1. The van der Waals surface area contributed by atoms with Crippen LogP contribution in [0.3, 0.4) is 0 Å². The third kappa shape index (κ3) is 3.76. The maximum Gasteiger partial charge on any atom is 0.174 e. The SMILES string of the molecule is O=C1CCCC1CC=CCCCc1nn[nH]n1. The number of tetrazole rings is 1. The van der Waals surface area contributed by atoms with E-state index in [0.717, 1.165) is 50.8 Å². The van der Waals surface area contributed by atoms with Gasteiger partial charge in [-0.2, -0.15) is 5.21 Å². The molecule has 17 heavy (non-hydrogen) atoms. The van der Waals surface area contributed by atoms with Crippen molar-refractivity contribution in [2.75, 3.05) is 0 Å². The Morgan fingerprint density at radius 3 is 3.06 bits per heavy atom. The zero-order valence-corrected chi connectivity index (χ0v) is 9.93. The minimum atomic E-state index is 0.295. The van der Waals surface area contributed by atoms with Gasteiger partial charge in [-0.05, 0) is 32.1 Å². The molecule has 0 aromatic carbocycles. The summed E-state index contributed by atoms with van der Waals surface area (Å²) >= 11 is 0. The molecule has 92 valence electrons. The summed E-state index contributed by atoms with van der Waals surface area (Å²) < 4.78 is 0. The highest BCUT2D eigenvalue weighted by atomic mass is 16.1. The molecule has 1 fully saturated rings. The molecule has 2 rings (SSSR count). The highest BCUT2D eigenvalue weighted by Crippen LogP contribution is 2.24. The number of hydrogen-bond acceptors (Lipinski definition) is 4. The van der Waals surface area contributed by atoms with Crippen LogP contribution in [0.2, 0.25) is 0 Å². The van der Waals surface area contributed by atoms with E-state index >= 15 is 0 Å². The van der Waals surface area contributed by atoms with Gasteiger partial charge in [-0.25, -0.2) is 0 Å². The lowest BCUT2D eigenvalue weighted by Gasteiger charge is -2.01. The molecule has 5 heteroatoms. The summed E-state index contributed by atoms with van der Waals surface area (Å²) in [5.74, 6) is 1.51. The average molecular weight is 234 g/mol. The topological polar surface area (TPSA) is 71.5 Å². The van der Waals surface area contributed by atoms with Crippen molar-refractivity contribution in [3.8, 4) is 0 Å². The number of Topliss-reactive ketones (excluding diaryl/α,β-unsaturated/α-hetero) is 1. The molecule has 0 bridgehead atoms. The summed E-state index contributed by atoms with van der Waals surface area (Å²) in [7, 11) is 0. The van der Waals surface area contributed by atoms with Gasteiger partial charge in [0, 0.05) is 18.8 Å². The molecular formula is C12H18N4O. The Morgan fingerprint density at radius 2 is 2.35 bits per heavy atom. The minimum absolute atomic E-state index is 0.295.